The van der Waals surface area contributed by atoms with Gasteiger partial charge in [-0.2, -0.15) is 5.10 Å². The van der Waals surface area contributed by atoms with Gasteiger partial charge in [0.15, 0.2) is 5.11 Å². The second-order valence-corrected chi connectivity index (χ2v) is 4.25. The molecule has 0 aliphatic heterocycles. The van der Waals surface area contributed by atoms with E-state index in [9.17, 15) is 0 Å². The molecule has 2 rings (SSSR count). The first-order valence-electron chi connectivity index (χ1n) is 5.75. The lowest BCUT2D eigenvalue weighted by atomic mass is 10.2. The van der Waals surface area contributed by atoms with E-state index >= 15 is 0 Å². The van der Waals surface area contributed by atoms with E-state index in [2.05, 4.69) is 28.1 Å². The first kappa shape index (κ1) is 13.0. The summed E-state index contributed by atoms with van der Waals surface area (Å²) < 4.78 is 0. The minimum atomic E-state index is 0.143. The van der Waals surface area contributed by atoms with E-state index in [1.54, 1.807) is 6.21 Å². The summed E-state index contributed by atoms with van der Waals surface area (Å²) in [6.07, 6.45) is 1.67. The highest BCUT2D eigenvalue weighted by atomic mass is 32.1. The summed E-state index contributed by atoms with van der Waals surface area (Å²) >= 11 is 4.69. The van der Waals surface area contributed by atoms with E-state index in [-0.39, 0.29) is 5.11 Å². The van der Waals surface area contributed by atoms with Crippen LogP contribution in [-0.2, 0) is 0 Å². The lowest BCUT2D eigenvalue weighted by molar-refractivity contribution is 1.04. The molecule has 0 fully saturated rings. The third kappa shape index (κ3) is 4.08. The minimum absolute atomic E-state index is 0.143. The Kier molecular flexibility index (Phi) is 4.47. The second-order valence-electron chi connectivity index (χ2n) is 3.81. The summed E-state index contributed by atoms with van der Waals surface area (Å²) in [6, 6.07) is 17.8. The van der Waals surface area contributed by atoms with Crippen LogP contribution in [0.15, 0.2) is 59.7 Å². The molecule has 2 aromatic rings. The van der Waals surface area contributed by atoms with Gasteiger partial charge in [0.1, 0.15) is 0 Å². The number of nitrogens with two attached hydrogens (primary N) is 1. The Balaban J connectivity index is 2.17. The highest BCUT2D eigenvalue weighted by molar-refractivity contribution is 7.80. The highest BCUT2D eigenvalue weighted by Crippen LogP contribution is 2.19. The van der Waals surface area contributed by atoms with Crippen molar-refractivity contribution in [1.82, 2.24) is 5.43 Å². The maximum absolute atomic E-state index is 5.31. The number of para-hydroxylation sites is 2. The van der Waals surface area contributed by atoms with Gasteiger partial charge in [0.2, 0.25) is 0 Å². The van der Waals surface area contributed by atoms with Crippen molar-refractivity contribution < 1.29 is 0 Å². The normalized spacial score (nSPS) is 10.3. The van der Waals surface area contributed by atoms with E-state index in [0.29, 0.717) is 0 Å². The van der Waals surface area contributed by atoms with Crippen molar-refractivity contribution in [1.29, 1.82) is 0 Å². The van der Waals surface area contributed by atoms with Crippen molar-refractivity contribution in [2.24, 2.45) is 10.8 Å². The quantitative estimate of drug-likeness (QED) is 0.454. The number of benzene rings is 2. The molecule has 2 aromatic carbocycles. The lowest BCUT2D eigenvalue weighted by Gasteiger charge is -2.09. The summed E-state index contributed by atoms with van der Waals surface area (Å²) in [7, 11) is 0. The second kappa shape index (κ2) is 6.51. The Bertz CT molecular complexity index is 581. The SMILES string of the molecule is NC(=S)N/N=C\c1ccccc1Nc1ccccc1. The summed E-state index contributed by atoms with van der Waals surface area (Å²) in [5.74, 6) is 0. The maximum Gasteiger partial charge on any atom is 0.184 e. The van der Waals surface area contributed by atoms with E-state index in [1.165, 1.54) is 0 Å². The number of hydrazone groups is 1. The van der Waals surface area contributed by atoms with Crippen molar-refractivity contribution in [2.75, 3.05) is 5.32 Å². The Morgan fingerprint density at radius 2 is 1.74 bits per heavy atom. The molecular formula is C14H14N4S. The molecule has 0 aliphatic carbocycles. The first-order chi connectivity index (χ1) is 9.25. The molecule has 0 bridgehead atoms. The Morgan fingerprint density at radius 1 is 1.05 bits per heavy atom. The smallest absolute Gasteiger partial charge is 0.184 e. The molecular weight excluding hydrogens is 256 g/mol. The number of nitrogens with one attached hydrogen (secondary N) is 2. The van der Waals surface area contributed by atoms with Crippen LogP contribution in [-0.4, -0.2) is 11.3 Å². The molecule has 0 saturated heterocycles. The molecule has 5 heteroatoms. The summed E-state index contributed by atoms with van der Waals surface area (Å²) in [4.78, 5) is 0. The van der Waals surface area contributed by atoms with Crippen LogP contribution in [0.5, 0.6) is 0 Å². The van der Waals surface area contributed by atoms with Crippen LogP contribution in [0.3, 0.4) is 0 Å². The van der Waals surface area contributed by atoms with Crippen molar-refractivity contribution in [3.63, 3.8) is 0 Å². The number of nitrogens with zero attached hydrogens (tertiary/aromatic N) is 1. The van der Waals surface area contributed by atoms with Gasteiger partial charge in [-0.3, -0.25) is 5.43 Å². The molecule has 0 saturated carbocycles. The topological polar surface area (TPSA) is 62.4 Å². The zero-order chi connectivity index (χ0) is 13.5. The number of anilines is 2. The van der Waals surface area contributed by atoms with Crippen LogP contribution in [0.25, 0.3) is 0 Å². The van der Waals surface area contributed by atoms with Gasteiger partial charge in [-0.15, -0.1) is 0 Å². The molecule has 4 N–H and O–H groups in total. The van der Waals surface area contributed by atoms with Gasteiger partial charge < -0.3 is 11.1 Å². The van der Waals surface area contributed by atoms with Crippen LogP contribution >= 0.6 is 12.2 Å². The van der Waals surface area contributed by atoms with Crippen LogP contribution in [0.4, 0.5) is 11.4 Å². The van der Waals surface area contributed by atoms with Crippen LogP contribution in [0, 0.1) is 0 Å². The predicted octanol–water partition coefficient (Wildman–Crippen LogP) is 2.60. The molecule has 0 aliphatic rings. The highest BCUT2D eigenvalue weighted by Gasteiger charge is 1.99. The van der Waals surface area contributed by atoms with E-state index in [4.69, 9.17) is 5.73 Å². The van der Waals surface area contributed by atoms with Gasteiger partial charge in [-0.25, -0.2) is 0 Å². The molecule has 19 heavy (non-hydrogen) atoms. The molecule has 4 nitrogen and oxygen atoms in total. The summed E-state index contributed by atoms with van der Waals surface area (Å²) in [5.41, 5.74) is 10.8. The number of hydrogen-bond acceptors (Lipinski definition) is 3. The summed E-state index contributed by atoms with van der Waals surface area (Å²) in [6.45, 7) is 0. The van der Waals surface area contributed by atoms with Crippen molar-refractivity contribution in [3.05, 3.63) is 60.2 Å². The van der Waals surface area contributed by atoms with Gasteiger partial charge in [-0.05, 0) is 30.4 Å². The number of hydrogen-bond donors (Lipinski definition) is 3. The van der Waals surface area contributed by atoms with Crippen molar-refractivity contribution in [3.8, 4) is 0 Å². The molecule has 96 valence electrons. The molecule has 0 amide bonds. The molecule has 0 heterocycles. The van der Waals surface area contributed by atoms with Gasteiger partial charge >= 0.3 is 0 Å². The fourth-order valence-corrected chi connectivity index (χ4v) is 1.62. The van der Waals surface area contributed by atoms with Gasteiger partial charge in [0.05, 0.1) is 6.21 Å². The molecule has 0 aromatic heterocycles. The van der Waals surface area contributed by atoms with Crippen LogP contribution < -0.4 is 16.5 Å². The standard InChI is InChI=1S/C14H14N4S/c15-14(19)18-16-10-11-6-4-5-9-13(11)17-12-7-2-1-3-8-12/h1-10,17H,(H3,15,18,19)/b16-10-. The fraction of sp³-hybridized carbons (Fsp3) is 0. The van der Waals surface area contributed by atoms with Gasteiger partial charge in [0, 0.05) is 16.9 Å². The third-order valence-electron chi connectivity index (χ3n) is 2.39. The lowest BCUT2D eigenvalue weighted by Crippen LogP contribution is -2.24. The fourth-order valence-electron chi connectivity index (χ4n) is 1.57. The molecule has 0 radical (unpaired) electrons. The monoisotopic (exact) mass is 270 g/mol. The van der Waals surface area contributed by atoms with Gasteiger partial charge in [0.25, 0.3) is 0 Å². The Labute approximate surface area is 117 Å². The zero-order valence-electron chi connectivity index (χ0n) is 10.2. The van der Waals surface area contributed by atoms with E-state index < -0.39 is 0 Å². The van der Waals surface area contributed by atoms with Crippen LogP contribution in [0.2, 0.25) is 0 Å². The largest absolute Gasteiger partial charge is 0.375 e. The van der Waals surface area contributed by atoms with Crippen molar-refractivity contribution in [2.45, 2.75) is 0 Å². The molecule has 0 spiro atoms. The molecule has 0 atom stereocenters. The number of thiocarbonyl (C=S) groups is 1. The average molecular weight is 270 g/mol. The average Bonchev–Trinajstić information content (AvgIpc) is 2.41. The van der Waals surface area contributed by atoms with Crippen molar-refractivity contribution >= 4 is 34.9 Å². The Hall–Kier alpha value is -2.40. The predicted molar refractivity (Wildman–Crippen MR) is 83.7 cm³/mol. The first-order valence-corrected chi connectivity index (χ1v) is 6.16. The van der Waals surface area contributed by atoms with Gasteiger partial charge in [-0.1, -0.05) is 36.4 Å². The zero-order valence-corrected chi connectivity index (χ0v) is 11.0. The van der Waals surface area contributed by atoms with E-state index in [1.807, 2.05) is 54.6 Å². The maximum atomic E-state index is 5.31. The third-order valence-corrected chi connectivity index (χ3v) is 2.48. The molecule has 0 unspecified atom stereocenters. The van der Waals surface area contributed by atoms with E-state index in [0.717, 1.165) is 16.9 Å². The van der Waals surface area contributed by atoms with Crippen LogP contribution in [0.1, 0.15) is 5.56 Å². The number of rotatable bonds is 4. The summed E-state index contributed by atoms with van der Waals surface area (Å²) in [5, 5.41) is 7.43. The minimum Gasteiger partial charge on any atom is -0.375 e. The Morgan fingerprint density at radius 3 is 2.47 bits per heavy atom.